The van der Waals surface area contributed by atoms with Crippen molar-refractivity contribution >= 4 is 23.4 Å². The first-order chi connectivity index (χ1) is 14.0. The van der Waals surface area contributed by atoms with Crippen LogP contribution in [0.2, 0.25) is 0 Å². The Bertz CT molecular complexity index is 941. The second-order valence-electron chi connectivity index (χ2n) is 6.17. The van der Waals surface area contributed by atoms with Crippen molar-refractivity contribution in [3.63, 3.8) is 0 Å². The minimum absolute atomic E-state index is 0.00236. The first kappa shape index (κ1) is 20.0. The number of nitrogens with one attached hydrogen (secondary N) is 2. The number of rotatable bonds is 6. The molecule has 2 aromatic carbocycles. The van der Waals surface area contributed by atoms with Crippen LogP contribution in [-0.4, -0.2) is 38.2 Å². The molecule has 0 spiro atoms. The van der Waals surface area contributed by atoms with Crippen LogP contribution in [0.3, 0.4) is 0 Å². The van der Waals surface area contributed by atoms with Gasteiger partial charge in [0.15, 0.2) is 11.5 Å². The van der Waals surface area contributed by atoms with Crippen LogP contribution in [-0.2, 0) is 16.0 Å². The highest BCUT2D eigenvalue weighted by Gasteiger charge is 2.22. The van der Waals surface area contributed by atoms with Gasteiger partial charge < -0.3 is 25.3 Å². The van der Waals surface area contributed by atoms with Crippen LogP contribution in [0.5, 0.6) is 11.5 Å². The molecule has 0 fully saturated rings. The summed E-state index contributed by atoms with van der Waals surface area (Å²) in [5, 5.41) is 6.91. The first-order valence-electron chi connectivity index (χ1n) is 8.99. The number of carbonyl (C=O) groups excluding carboxylic acids is 2. The molecular weight excluding hydrogens is 376 g/mol. The van der Waals surface area contributed by atoms with Crippen LogP contribution in [0.1, 0.15) is 23.6 Å². The summed E-state index contributed by atoms with van der Waals surface area (Å²) < 4.78 is 15.7. The largest absolute Gasteiger partial charge is 0.469 e. The predicted molar refractivity (Wildman–Crippen MR) is 107 cm³/mol. The molecule has 0 aliphatic carbocycles. The lowest BCUT2D eigenvalue weighted by Gasteiger charge is -2.14. The minimum Gasteiger partial charge on any atom is -0.469 e. The van der Waals surface area contributed by atoms with E-state index in [1.807, 2.05) is 0 Å². The number of ether oxygens (including phenoxy) is 3. The van der Waals surface area contributed by atoms with E-state index in [4.69, 9.17) is 19.9 Å². The van der Waals surface area contributed by atoms with E-state index in [9.17, 15) is 9.59 Å². The van der Waals surface area contributed by atoms with E-state index in [0.717, 1.165) is 0 Å². The van der Waals surface area contributed by atoms with E-state index in [2.05, 4.69) is 15.8 Å². The summed E-state index contributed by atoms with van der Waals surface area (Å²) in [7, 11) is 1.32. The van der Waals surface area contributed by atoms with E-state index in [1.54, 1.807) is 43.3 Å². The van der Waals surface area contributed by atoms with Crippen molar-refractivity contribution in [1.82, 2.24) is 10.7 Å². The zero-order chi connectivity index (χ0) is 20.8. The molecule has 1 aliphatic rings. The Morgan fingerprint density at radius 3 is 2.52 bits per heavy atom. The Hall–Kier alpha value is -3.75. The third-order valence-electron chi connectivity index (χ3n) is 4.21. The molecule has 0 radical (unpaired) electrons. The number of nitrogens with two attached hydrogens (primary N) is 1. The van der Waals surface area contributed by atoms with Crippen molar-refractivity contribution in [2.24, 2.45) is 5.10 Å². The number of carbonyl (C=O) groups is 2. The van der Waals surface area contributed by atoms with Gasteiger partial charge in [-0.25, -0.2) is 10.2 Å². The SMILES string of the molecule is CCNC(=O)N/N=C(/c1ccc(N)cc1)c1cc2c(cc1CC(=O)OC)OCO2. The number of benzene rings is 2. The van der Waals surface area contributed by atoms with Gasteiger partial charge in [-0.2, -0.15) is 5.10 Å². The standard InChI is InChI=1S/C20H22N4O5/c1-3-22-20(26)24-23-19(12-4-6-14(21)7-5-12)15-10-17-16(28-11-29-17)8-13(15)9-18(25)27-2/h4-8,10H,3,9,11,21H2,1-2H3,(H2,22,24,26)/b23-19-. The monoisotopic (exact) mass is 398 g/mol. The van der Waals surface area contributed by atoms with Gasteiger partial charge in [0.1, 0.15) is 0 Å². The second kappa shape index (κ2) is 8.96. The molecule has 0 bridgehead atoms. The fourth-order valence-corrected chi connectivity index (χ4v) is 2.81. The van der Waals surface area contributed by atoms with Gasteiger partial charge in [0.05, 0.1) is 19.2 Å². The molecule has 2 amide bonds. The summed E-state index contributed by atoms with van der Waals surface area (Å²) >= 11 is 0. The number of methoxy groups -OCH3 is 1. The number of esters is 1. The number of nitrogens with zero attached hydrogens (tertiary/aromatic N) is 1. The fraction of sp³-hybridized carbons (Fsp3) is 0.250. The highest BCUT2D eigenvalue weighted by molar-refractivity contribution is 6.14. The third-order valence-corrected chi connectivity index (χ3v) is 4.21. The molecule has 0 saturated carbocycles. The van der Waals surface area contributed by atoms with E-state index < -0.39 is 12.0 Å². The molecule has 3 rings (SSSR count). The zero-order valence-electron chi connectivity index (χ0n) is 16.2. The quantitative estimate of drug-likeness (QED) is 0.295. The van der Waals surface area contributed by atoms with Crippen LogP contribution in [0.25, 0.3) is 0 Å². The van der Waals surface area contributed by atoms with Gasteiger partial charge in [0.25, 0.3) is 0 Å². The van der Waals surface area contributed by atoms with Crippen molar-refractivity contribution in [1.29, 1.82) is 0 Å². The van der Waals surface area contributed by atoms with Crippen LogP contribution in [0, 0.1) is 0 Å². The molecule has 29 heavy (non-hydrogen) atoms. The number of fused-ring (bicyclic) bond motifs is 1. The molecule has 2 aromatic rings. The minimum atomic E-state index is -0.448. The summed E-state index contributed by atoms with van der Waals surface area (Å²) in [6.07, 6.45) is -0.00236. The molecule has 9 nitrogen and oxygen atoms in total. The van der Waals surface area contributed by atoms with Crippen molar-refractivity contribution in [3.8, 4) is 11.5 Å². The lowest BCUT2D eigenvalue weighted by Crippen LogP contribution is -2.33. The number of hydrogen-bond donors (Lipinski definition) is 3. The summed E-state index contributed by atoms with van der Waals surface area (Å²) in [4.78, 5) is 23.9. The van der Waals surface area contributed by atoms with Gasteiger partial charge in [-0.3, -0.25) is 4.79 Å². The maximum atomic E-state index is 12.0. The van der Waals surface area contributed by atoms with Crippen molar-refractivity contribution < 1.29 is 23.8 Å². The number of nitrogen functional groups attached to an aromatic ring is 1. The van der Waals surface area contributed by atoms with Crippen molar-refractivity contribution in [2.75, 3.05) is 26.2 Å². The van der Waals surface area contributed by atoms with Gasteiger partial charge >= 0.3 is 12.0 Å². The van der Waals surface area contributed by atoms with E-state index >= 15 is 0 Å². The van der Waals surface area contributed by atoms with Gasteiger partial charge in [0, 0.05) is 23.4 Å². The molecule has 152 valence electrons. The topological polar surface area (TPSA) is 124 Å². The average molecular weight is 398 g/mol. The highest BCUT2D eigenvalue weighted by Crippen LogP contribution is 2.36. The van der Waals surface area contributed by atoms with E-state index in [-0.39, 0.29) is 13.2 Å². The lowest BCUT2D eigenvalue weighted by molar-refractivity contribution is -0.139. The highest BCUT2D eigenvalue weighted by atomic mass is 16.7. The average Bonchev–Trinajstić information content (AvgIpc) is 3.16. The van der Waals surface area contributed by atoms with Gasteiger partial charge in [-0.15, -0.1) is 0 Å². The van der Waals surface area contributed by atoms with Gasteiger partial charge in [-0.1, -0.05) is 12.1 Å². The molecule has 0 atom stereocenters. The van der Waals surface area contributed by atoms with Crippen LogP contribution >= 0.6 is 0 Å². The molecule has 1 heterocycles. The number of urea groups is 1. The number of amides is 2. The maximum absolute atomic E-state index is 12.0. The molecule has 9 heteroatoms. The number of anilines is 1. The lowest BCUT2D eigenvalue weighted by atomic mass is 9.95. The Morgan fingerprint density at radius 2 is 1.86 bits per heavy atom. The van der Waals surface area contributed by atoms with Gasteiger partial charge in [0.2, 0.25) is 6.79 Å². The number of hydrazone groups is 1. The Morgan fingerprint density at radius 1 is 1.17 bits per heavy atom. The van der Waals surface area contributed by atoms with Crippen molar-refractivity contribution in [3.05, 3.63) is 53.1 Å². The second-order valence-corrected chi connectivity index (χ2v) is 6.17. The Balaban J connectivity index is 2.10. The molecule has 1 aliphatic heterocycles. The molecular formula is C20H22N4O5. The zero-order valence-corrected chi connectivity index (χ0v) is 16.2. The molecule has 0 aromatic heterocycles. The van der Waals surface area contributed by atoms with Crippen LogP contribution < -0.4 is 25.9 Å². The molecule has 4 N–H and O–H groups in total. The Labute approximate surface area is 167 Å². The van der Waals surface area contributed by atoms with E-state index in [1.165, 1.54) is 7.11 Å². The first-order valence-corrected chi connectivity index (χ1v) is 8.99. The predicted octanol–water partition coefficient (Wildman–Crippen LogP) is 1.78. The molecule has 0 saturated heterocycles. The third kappa shape index (κ3) is 4.75. The van der Waals surface area contributed by atoms with Crippen LogP contribution in [0.15, 0.2) is 41.5 Å². The number of hydrogen-bond acceptors (Lipinski definition) is 7. The summed E-state index contributed by atoms with van der Waals surface area (Å²) in [6.45, 7) is 2.34. The molecule has 0 unspecified atom stereocenters. The van der Waals surface area contributed by atoms with Crippen molar-refractivity contribution in [2.45, 2.75) is 13.3 Å². The van der Waals surface area contributed by atoms with Crippen LogP contribution in [0.4, 0.5) is 10.5 Å². The summed E-state index contributed by atoms with van der Waals surface area (Å²) in [5.74, 6) is 0.634. The Kier molecular flexibility index (Phi) is 6.18. The summed E-state index contributed by atoms with van der Waals surface area (Å²) in [5.41, 5.74) is 11.2. The smallest absolute Gasteiger partial charge is 0.335 e. The van der Waals surface area contributed by atoms with E-state index in [0.29, 0.717) is 46.1 Å². The summed E-state index contributed by atoms with van der Waals surface area (Å²) in [6, 6.07) is 10.0. The van der Waals surface area contributed by atoms with Gasteiger partial charge in [-0.05, 0) is 36.8 Å². The fourth-order valence-electron chi connectivity index (χ4n) is 2.81. The maximum Gasteiger partial charge on any atom is 0.335 e. The normalized spacial score (nSPS) is 12.4.